The van der Waals surface area contributed by atoms with Gasteiger partial charge in [-0.2, -0.15) is 5.10 Å². The molecule has 1 atom stereocenters. The van der Waals surface area contributed by atoms with Gasteiger partial charge in [-0.1, -0.05) is 6.07 Å². The van der Waals surface area contributed by atoms with Crippen LogP contribution in [0, 0.1) is 6.92 Å². The third-order valence-electron chi connectivity index (χ3n) is 4.81. The fraction of sp³-hybridized carbons (Fsp3) is 0.421. The van der Waals surface area contributed by atoms with Crippen molar-refractivity contribution < 1.29 is 4.79 Å². The average Bonchev–Trinajstić information content (AvgIpc) is 3.39. The van der Waals surface area contributed by atoms with E-state index in [0.29, 0.717) is 19.5 Å². The summed E-state index contributed by atoms with van der Waals surface area (Å²) in [5.41, 5.74) is 1.94. The van der Waals surface area contributed by atoms with Crippen LogP contribution in [0.15, 0.2) is 36.2 Å². The molecule has 1 amide bonds. The molecule has 0 spiro atoms. The summed E-state index contributed by atoms with van der Waals surface area (Å²) in [6.45, 7) is 4.05. The highest BCUT2D eigenvalue weighted by atomic mass is 32.1. The number of carbonyl (C=O) groups is 1. The van der Waals surface area contributed by atoms with Crippen LogP contribution in [0.25, 0.3) is 10.6 Å². The maximum Gasteiger partial charge on any atom is 0.224 e. The van der Waals surface area contributed by atoms with E-state index in [1.807, 2.05) is 24.0 Å². The van der Waals surface area contributed by atoms with Gasteiger partial charge < -0.3 is 4.90 Å². The maximum absolute atomic E-state index is 12.6. The summed E-state index contributed by atoms with van der Waals surface area (Å²) in [5.74, 6) is 1.20. The lowest BCUT2D eigenvalue weighted by Crippen LogP contribution is -2.40. The zero-order valence-electron chi connectivity index (χ0n) is 15.3. The number of hydrogen-bond acceptors (Lipinski definition) is 6. The van der Waals surface area contributed by atoms with E-state index in [-0.39, 0.29) is 11.8 Å². The predicted octanol–water partition coefficient (Wildman–Crippen LogP) is 2.90. The van der Waals surface area contributed by atoms with Crippen LogP contribution in [0.2, 0.25) is 0 Å². The van der Waals surface area contributed by atoms with E-state index in [1.165, 1.54) is 6.33 Å². The van der Waals surface area contributed by atoms with Gasteiger partial charge in [-0.15, -0.1) is 11.3 Å². The summed E-state index contributed by atoms with van der Waals surface area (Å²) < 4.78 is 1.69. The van der Waals surface area contributed by atoms with E-state index in [4.69, 9.17) is 4.98 Å². The van der Waals surface area contributed by atoms with Crippen LogP contribution in [-0.4, -0.2) is 48.6 Å². The standard InChI is InChI=1S/C19H22N6OS/c1-14-10-16(17-5-3-9-27-17)23-19(22-14)15-4-2-7-24(11-15)18(26)6-8-25-13-20-12-21-25/h3,5,9-10,12-13,15H,2,4,6-8,11H2,1H3/t15-/m0/s1. The molecular formula is C19H22N6OS. The molecule has 0 N–H and O–H groups in total. The lowest BCUT2D eigenvalue weighted by molar-refractivity contribution is -0.132. The molecule has 3 aromatic rings. The highest BCUT2D eigenvalue weighted by Crippen LogP contribution is 2.29. The fourth-order valence-corrected chi connectivity index (χ4v) is 4.14. The molecule has 4 rings (SSSR count). The Morgan fingerprint density at radius 3 is 3.07 bits per heavy atom. The second-order valence-electron chi connectivity index (χ2n) is 6.82. The van der Waals surface area contributed by atoms with Crippen molar-refractivity contribution in [1.29, 1.82) is 0 Å². The predicted molar refractivity (Wildman–Crippen MR) is 103 cm³/mol. The minimum absolute atomic E-state index is 0.154. The highest BCUT2D eigenvalue weighted by Gasteiger charge is 2.27. The Labute approximate surface area is 162 Å². The molecule has 0 bridgehead atoms. The van der Waals surface area contributed by atoms with Crippen molar-refractivity contribution in [2.24, 2.45) is 0 Å². The molecule has 1 aliphatic heterocycles. The maximum atomic E-state index is 12.6. The molecule has 4 heterocycles. The van der Waals surface area contributed by atoms with Gasteiger partial charge in [0, 0.05) is 31.1 Å². The zero-order valence-corrected chi connectivity index (χ0v) is 16.1. The van der Waals surface area contributed by atoms with Gasteiger partial charge in [0.15, 0.2) is 0 Å². The number of amides is 1. The van der Waals surface area contributed by atoms with Crippen molar-refractivity contribution in [2.45, 2.75) is 38.6 Å². The molecule has 0 aliphatic carbocycles. The minimum atomic E-state index is 0.154. The van der Waals surface area contributed by atoms with Gasteiger partial charge >= 0.3 is 0 Å². The first-order valence-corrected chi connectivity index (χ1v) is 10.1. The second kappa shape index (κ2) is 7.96. The number of thiophene rings is 1. The number of hydrogen-bond donors (Lipinski definition) is 0. The summed E-state index contributed by atoms with van der Waals surface area (Å²) in [7, 11) is 0. The molecule has 0 saturated carbocycles. The average molecular weight is 382 g/mol. The first-order chi connectivity index (χ1) is 13.2. The first kappa shape index (κ1) is 17.8. The van der Waals surface area contributed by atoms with Gasteiger partial charge in [0.05, 0.1) is 17.1 Å². The van der Waals surface area contributed by atoms with Gasteiger partial charge in [0.25, 0.3) is 0 Å². The third-order valence-corrected chi connectivity index (χ3v) is 5.70. The van der Waals surface area contributed by atoms with E-state index in [1.54, 1.807) is 22.3 Å². The van der Waals surface area contributed by atoms with E-state index < -0.39 is 0 Å². The molecule has 1 saturated heterocycles. The molecule has 7 nitrogen and oxygen atoms in total. The van der Waals surface area contributed by atoms with Crippen LogP contribution in [0.1, 0.15) is 36.7 Å². The highest BCUT2D eigenvalue weighted by molar-refractivity contribution is 7.13. The molecule has 0 radical (unpaired) electrons. The van der Waals surface area contributed by atoms with Crippen molar-refractivity contribution in [1.82, 2.24) is 29.6 Å². The summed E-state index contributed by atoms with van der Waals surface area (Å²) in [5, 5.41) is 6.11. The number of carbonyl (C=O) groups excluding carboxylic acids is 1. The number of nitrogens with zero attached hydrogens (tertiary/aromatic N) is 6. The molecule has 3 aromatic heterocycles. The van der Waals surface area contributed by atoms with Crippen LogP contribution in [0.4, 0.5) is 0 Å². The summed E-state index contributed by atoms with van der Waals surface area (Å²) in [6, 6.07) is 6.14. The topological polar surface area (TPSA) is 76.8 Å². The summed E-state index contributed by atoms with van der Waals surface area (Å²) >= 11 is 1.68. The Morgan fingerprint density at radius 1 is 1.37 bits per heavy atom. The van der Waals surface area contributed by atoms with E-state index in [2.05, 4.69) is 26.5 Å². The van der Waals surface area contributed by atoms with Crippen LogP contribution in [0.5, 0.6) is 0 Å². The van der Waals surface area contributed by atoms with E-state index in [9.17, 15) is 4.79 Å². The summed E-state index contributed by atoms with van der Waals surface area (Å²) in [4.78, 5) is 29.1. The van der Waals surface area contributed by atoms with Gasteiger partial charge in [-0.25, -0.2) is 15.0 Å². The van der Waals surface area contributed by atoms with Crippen molar-refractivity contribution in [2.75, 3.05) is 13.1 Å². The normalized spacial score (nSPS) is 17.2. The Balaban J connectivity index is 1.45. The number of likely N-dealkylation sites (tertiary alicyclic amines) is 1. The smallest absolute Gasteiger partial charge is 0.224 e. The number of rotatable bonds is 5. The van der Waals surface area contributed by atoms with Crippen molar-refractivity contribution in [3.63, 3.8) is 0 Å². The molecular weight excluding hydrogens is 360 g/mol. The summed E-state index contributed by atoms with van der Waals surface area (Å²) in [6.07, 6.45) is 5.55. The number of piperidine rings is 1. The van der Waals surface area contributed by atoms with Gasteiger partial charge in [-0.3, -0.25) is 9.48 Å². The van der Waals surface area contributed by atoms with Crippen LogP contribution in [-0.2, 0) is 11.3 Å². The van der Waals surface area contributed by atoms with Gasteiger partial charge in [0.1, 0.15) is 18.5 Å². The number of aryl methyl sites for hydroxylation is 2. The molecule has 0 aromatic carbocycles. The van der Waals surface area contributed by atoms with Crippen molar-refractivity contribution >= 4 is 17.2 Å². The van der Waals surface area contributed by atoms with Gasteiger partial charge in [-0.05, 0) is 37.3 Å². The zero-order chi connectivity index (χ0) is 18.6. The molecule has 1 aliphatic rings. The van der Waals surface area contributed by atoms with E-state index >= 15 is 0 Å². The molecule has 27 heavy (non-hydrogen) atoms. The minimum Gasteiger partial charge on any atom is -0.342 e. The van der Waals surface area contributed by atoms with Crippen LogP contribution in [0.3, 0.4) is 0 Å². The van der Waals surface area contributed by atoms with Gasteiger partial charge in [0.2, 0.25) is 5.91 Å². The molecule has 1 fully saturated rings. The monoisotopic (exact) mass is 382 g/mol. The first-order valence-electron chi connectivity index (χ1n) is 9.18. The Bertz CT molecular complexity index is 893. The Kier molecular flexibility index (Phi) is 5.24. The Morgan fingerprint density at radius 2 is 2.30 bits per heavy atom. The van der Waals surface area contributed by atoms with E-state index in [0.717, 1.165) is 41.5 Å². The second-order valence-corrected chi connectivity index (χ2v) is 7.77. The van der Waals surface area contributed by atoms with Crippen molar-refractivity contribution in [3.05, 3.63) is 47.8 Å². The largest absolute Gasteiger partial charge is 0.342 e. The number of aromatic nitrogens is 5. The Hall–Kier alpha value is -2.61. The fourth-order valence-electron chi connectivity index (χ4n) is 3.46. The lowest BCUT2D eigenvalue weighted by atomic mass is 9.96. The van der Waals surface area contributed by atoms with Crippen LogP contribution < -0.4 is 0 Å². The molecule has 8 heteroatoms. The third kappa shape index (κ3) is 4.21. The van der Waals surface area contributed by atoms with Crippen LogP contribution >= 0.6 is 11.3 Å². The quantitative estimate of drug-likeness (QED) is 0.678. The SMILES string of the molecule is Cc1cc(-c2cccs2)nc([C@H]2CCCN(C(=O)CCn3cncn3)C2)n1. The lowest BCUT2D eigenvalue weighted by Gasteiger charge is -2.32. The van der Waals surface area contributed by atoms with Crippen molar-refractivity contribution in [3.8, 4) is 10.6 Å². The molecule has 140 valence electrons. The molecule has 0 unspecified atom stereocenters.